The van der Waals surface area contributed by atoms with Crippen molar-refractivity contribution < 1.29 is 39.4 Å². The Labute approximate surface area is 217 Å². The second-order valence-electron chi connectivity index (χ2n) is 8.97. The number of pyridine rings is 1. The molecule has 188 valence electrons. The predicted molar refractivity (Wildman–Crippen MR) is 127 cm³/mol. The van der Waals surface area contributed by atoms with Crippen molar-refractivity contribution in [3.05, 3.63) is 70.4 Å². The standard InChI is InChI=1S/C25H30N6O2.2ClH/c1-19-23-25(32)30(21-9-10-22(33-2)27-24(21)31(23)18-26-19)12-6-11-28-13-15-29(16-14-28)17-20-7-4-3-5-8-20;;/h3-5,7-10,18H,6,11-17H2,1-2H3;2*1H. The van der Waals surface area contributed by atoms with E-state index in [1.165, 1.54) is 31.7 Å². The fraction of sp³-hybridized carbons (Fsp3) is 0.400. The van der Waals surface area contributed by atoms with Crippen LogP contribution < -0.4 is 44.9 Å². The first kappa shape index (κ1) is 26.9. The number of hydrogen-bond acceptors (Lipinski definition) is 4. The maximum Gasteiger partial charge on any atom is 0.277 e. The lowest BCUT2D eigenvalue weighted by atomic mass is 10.2. The predicted octanol–water partition coefficient (Wildman–Crippen LogP) is -6.26. The van der Waals surface area contributed by atoms with Crippen molar-refractivity contribution in [1.29, 1.82) is 0 Å². The van der Waals surface area contributed by atoms with E-state index in [1.807, 2.05) is 23.6 Å². The number of benzene rings is 1. The third kappa shape index (κ3) is 5.62. The third-order valence-corrected chi connectivity index (χ3v) is 6.83. The van der Waals surface area contributed by atoms with Crippen LogP contribution in [0.4, 0.5) is 0 Å². The molecule has 2 N–H and O–H groups in total. The van der Waals surface area contributed by atoms with Gasteiger partial charge in [0.2, 0.25) is 5.88 Å². The second kappa shape index (κ2) is 11.9. The molecule has 0 aliphatic carbocycles. The Bertz CT molecular complexity index is 1320. The molecular weight excluding hydrogens is 487 g/mol. The van der Waals surface area contributed by atoms with Crippen molar-refractivity contribution in [3.8, 4) is 5.88 Å². The van der Waals surface area contributed by atoms with Gasteiger partial charge in [-0.2, -0.15) is 4.98 Å². The molecule has 1 fully saturated rings. The van der Waals surface area contributed by atoms with Crippen LogP contribution in [-0.4, -0.2) is 58.8 Å². The van der Waals surface area contributed by atoms with Crippen LogP contribution in [0.1, 0.15) is 17.7 Å². The summed E-state index contributed by atoms with van der Waals surface area (Å²) < 4.78 is 8.96. The number of imidazole rings is 1. The molecule has 10 heteroatoms. The molecule has 0 radical (unpaired) electrons. The second-order valence-corrected chi connectivity index (χ2v) is 8.97. The summed E-state index contributed by atoms with van der Waals surface area (Å²) in [6.45, 7) is 9.46. The minimum Gasteiger partial charge on any atom is -1.00 e. The molecule has 0 bridgehead atoms. The number of aromatic nitrogens is 4. The fourth-order valence-electron chi connectivity index (χ4n) is 5.00. The summed E-state index contributed by atoms with van der Waals surface area (Å²) in [4.78, 5) is 25.6. The van der Waals surface area contributed by atoms with Gasteiger partial charge in [-0.25, -0.2) is 4.98 Å². The van der Waals surface area contributed by atoms with Gasteiger partial charge in [-0.15, -0.1) is 0 Å². The Hall–Kier alpha value is -2.65. The number of fused-ring (bicyclic) bond motifs is 3. The molecule has 1 aliphatic heterocycles. The van der Waals surface area contributed by atoms with Gasteiger partial charge in [0.25, 0.3) is 5.56 Å². The number of aryl methyl sites for hydroxylation is 2. The van der Waals surface area contributed by atoms with Crippen LogP contribution in [0, 0.1) is 6.92 Å². The number of hydrogen-bond donors (Lipinski definition) is 2. The molecule has 1 saturated heterocycles. The van der Waals surface area contributed by atoms with Gasteiger partial charge in [0.1, 0.15) is 44.6 Å². The SMILES string of the molecule is COc1ccc2c(n1)n1cnc(C)c1c(=O)n2CCC[NH+]1CC[NH+](Cc2ccccc2)CC1.[Cl-].[Cl-]. The Morgan fingerprint density at radius 3 is 2.43 bits per heavy atom. The molecule has 35 heavy (non-hydrogen) atoms. The molecule has 3 aromatic heterocycles. The van der Waals surface area contributed by atoms with Crippen LogP contribution >= 0.6 is 0 Å². The summed E-state index contributed by atoms with van der Waals surface area (Å²) in [5, 5.41) is 0. The van der Waals surface area contributed by atoms with Crippen LogP contribution in [0.5, 0.6) is 5.88 Å². The normalized spacial score (nSPS) is 17.7. The molecule has 4 aromatic rings. The molecule has 0 amide bonds. The Morgan fingerprint density at radius 2 is 1.71 bits per heavy atom. The van der Waals surface area contributed by atoms with E-state index in [9.17, 15) is 4.79 Å². The highest BCUT2D eigenvalue weighted by atomic mass is 35.5. The summed E-state index contributed by atoms with van der Waals surface area (Å²) in [6.07, 6.45) is 2.63. The molecule has 1 aliphatic rings. The minimum atomic E-state index is -0.00316. The first-order valence-electron chi connectivity index (χ1n) is 11.8. The molecule has 8 nitrogen and oxygen atoms in total. The molecular formula is C25H32Cl2N6O2. The highest BCUT2D eigenvalue weighted by Crippen LogP contribution is 2.18. The number of halogens is 2. The number of ether oxygens (including phenoxy) is 1. The van der Waals surface area contributed by atoms with E-state index in [-0.39, 0.29) is 30.4 Å². The van der Waals surface area contributed by atoms with Gasteiger partial charge < -0.3 is 43.9 Å². The zero-order valence-electron chi connectivity index (χ0n) is 20.1. The molecule has 0 spiro atoms. The van der Waals surface area contributed by atoms with Gasteiger partial charge in [-0.05, 0) is 13.0 Å². The summed E-state index contributed by atoms with van der Waals surface area (Å²) in [6, 6.07) is 14.5. The van der Waals surface area contributed by atoms with E-state index in [2.05, 4.69) is 40.3 Å². The molecule has 0 saturated carbocycles. The monoisotopic (exact) mass is 518 g/mol. The van der Waals surface area contributed by atoms with E-state index in [0.717, 1.165) is 30.7 Å². The minimum absolute atomic E-state index is 0. The van der Waals surface area contributed by atoms with E-state index < -0.39 is 0 Å². The van der Waals surface area contributed by atoms with Crippen LogP contribution in [0.2, 0.25) is 0 Å². The summed E-state index contributed by atoms with van der Waals surface area (Å²) in [5.74, 6) is 0.528. The van der Waals surface area contributed by atoms with Gasteiger partial charge in [0.05, 0.1) is 24.9 Å². The molecule has 4 heterocycles. The zero-order chi connectivity index (χ0) is 22.8. The van der Waals surface area contributed by atoms with Gasteiger partial charge in [-0.1, -0.05) is 30.3 Å². The van der Waals surface area contributed by atoms with E-state index in [0.29, 0.717) is 23.6 Å². The van der Waals surface area contributed by atoms with Crippen LogP contribution in [0.3, 0.4) is 0 Å². The van der Waals surface area contributed by atoms with Crippen molar-refractivity contribution in [2.75, 3.05) is 39.8 Å². The van der Waals surface area contributed by atoms with Gasteiger partial charge in [-0.3, -0.25) is 9.20 Å². The van der Waals surface area contributed by atoms with Gasteiger partial charge in [0.15, 0.2) is 5.65 Å². The van der Waals surface area contributed by atoms with Crippen molar-refractivity contribution in [2.24, 2.45) is 0 Å². The fourth-order valence-corrected chi connectivity index (χ4v) is 5.00. The lowest BCUT2D eigenvalue weighted by molar-refractivity contribution is -1.02. The molecule has 1 aromatic carbocycles. The number of rotatable bonds is 7. The van der Waals surface area contributed by atoms with Crippen LogP contribution in [0.15, 0.2) is 53.6 Å². The van der Waals surface area contributed by atoms with E-state index >= 15 is 0 Å². The number of piperazine rings is 1. The van der Waals surface area contributed by atoms with Crippen molar-refractivity contribution in [3.63, 3.8) is 0 Å². The summed E-state index contributed by atoms with van der Waals surface area (Å²) >= 11 is 0. The van der Waals surface area contributed by atoms with Crippen LogP contribution in [0.25, 0.3) is 16.7 Å². The van der Waals surface area contributed by atoms with E-state index in [1.54, 1.807) is 27.6 Å². The number of nitrogens with zero attached hydrogens (tertiary/aromatic N) is 4. The first-order chi connectivity index (χ1) is 16.1. The topological polar surface area (TPSA) is 70.3 Å². The Kier molecular flexibility index (Phi) is 9.13. The largest absolute Gasteiger partial charge is 1.00 e. The number of methoxy groups -OCH3 is 1. The number of nitrogens with one attached hydrogen (secondary N) is 2. The molecule has 0 atom stereocenters. The van der Waals surface area contributed by atoms with Gasteiger partial charge in [0, 0.05) is 24.6 Å². The van der Waals surface area contributed by atoms with Crippen molar-refractivity contribution >= 4 is 16.7 Å². The maximum absolute atomic E-state index is 13.3. The smallest absolute Gasteiger partial charge is 0.277 e. The maximum atomic E-state index is 13.3. The Balaban J connectivity index is 0.00000171. The first-order valence-corrected chi connectivity index (χ1v) is 11.8. The van der Waals surface area contributed by atoms with Crippen molar-refractivity contribution in [2.45, 2.75) is 26.4 Å². The third-order valence-electron chi connectivity index (χ3n) is 6.83. The molecule has 0 unspecified atom stereocenters. The average Bonchev–Trinajstić information content (AvgIpc) is 3.24. The van der Waals surface area contributed by atoms with Gasteiger partial charge >= 0.3 is 0 Å². The summed E-state index contributed by atoms with van der Waals surface area (Å²) in [5.41, 5.74) is 4.25. The number of quaternary nitrogens is 2. The van der Waals surface area contributed by atoms with Crippen LogP contribution in [-0.2, 0) is 13.1 Å². The Morgan fingerprint density at radius 1 is 1.00 bits per heavy atom. The van der Waals surface area contributed by atoms with E-state index in [4.69, 9.17) is 4.74 Å². The average molecular weight is 519 g/mol. The highest BCUT2D eigenvalue weighted by molar-refractivity contribution is 5.76. The summed E-state index contributed by atoms with van der Waals surface area (Å²) in [7, 11) is 1.60. The zero-order valence-corrected chi connectivity index (χ0v) is 21.6. The lowest BCUT2D eigenvalue weighted by Gasteiger charge is -2.29. The molecule has 5 rings (SSSR count). The lowest BCUT2D eigenvalue weighted by Crippen LogP contribution is -3.27. The van der Waals surface area contributed by atoms with Crippen molar-refractivity contribution in [1.82, 2.24) is 18.9 Å². The highest BCUT2D eigenvalue weighted by Gasteiger charge is 2.23. The quantitative estimate of drug-likeness (QED) is 0.255.